The van der Waals surface area contributed by atoms with E-state index in [-0.39, 0.29) is 11.7 Å². The maximum atomic E-state index is 14.2. The Bertz CT molecular complexity index is 1040. The van der Waals surface area contributed by atoms with E-state index in [4.69, 9.17) is 4.74 Å². The molecule has 0 saturated heterocycles. The van der Waals surface area contributed by atoms with Gasteiger partial charge in [-0.05, 0) is 62.6 Å². The Morgan fingerprint density at radius 1 is 1.17 bits per heavy atom. The SMILES string of the molecule is CC(C)CC(C1CCC1)C(C)(NC(=O)C(C)(C)Oc1ccnc(C(F)(F)F)c1)c1cncc(F)c1. The molecule has 0 aliphatic heterocycles. The van der Waals surface area contributed by atoms with Crippen LogP contribution in [0.3, 0.4) is 0 Å². The molecule has 9 heteroatoms. The van der Waals surface area contributed by atoms with Gasteiger partial charge in [-0.25, -0.2) is 4.39 Å². The van der Waals surface area contributed by atoms with Gasteiger partial charge in [-0.3, -0.25) is 14.8 Å². The number of aromatic nitrogens is 2. The Balaban J connectivity index is 1.93. The van der Waals surface area contributed by atoms with Crippen molar-refractivity contribution >= 4 is 5.91 Å². The highest BCUT2D eigenvalue weighted by molar-refractivity contribution is 5.85. The van der Waals surface area contributed by atoms with Crippen LogP contribution in [-0.4, -0.2) is 21.5 Å². The molecular weight excluding hydrogens is 462 g/mol. The first-order valence-electron chi connectivity index (χ1n) is 11.9. The summed E-state index contributed by atoms with van der Waals surface area (Å²) in [6.45, 7) is 9.05. The van der Waals surface area contributed by atoms with Gasteiger partial charge in [0.1, 0.15) is 17.3 Å². The lowest BCUT2D eigenvalue weighted by Gasteiger charge is -2.47. The van der Waals surface area contributed by atoms with Crippen LogP contribution in [0.5, 0.6) is 5.75 Å². The lowest BCUT2D eigenvalue weighted by Crippen LogP contribution is -2.58. The van der Waals surface area contributed by atoms with Gasteiger partial charge in [0.25, 0.3) is 5.91 Å². The number of carbonyl (C=O) groups excluding carboxylic acids is 1. The van der Waals surface area contributed by atoms with Crippen LogP contribution in [0.2, 0.25) is 0 Å². The van der Waals surface area contributed by atoms with Crippen LogP contribution >= 0.6 is 0 Å². The first kappa shape index (κ1) is 26.9. The highest BCUT2D eigenvalue weighted by atomic mass is 19.4. The van der Waals surface area contributed by atoms with Crippen molar-refractivity contribution in [1.29, 1.82) is 0 Å². The Hall–Kier alpha value is -2.71. The van der Waals surface area contributed by atoms with Gasteiger partial charge in [-0.2, -0.15) is 13.2 Å². The largest absolute Gasteiger partial charge is 0.478 e. The van der Waals surface area contributed by atoms with E-state index in [0.29, 0.717) is 17.4 Å². The number of pyridine rings is 2. The molecule has 0 aromatic carbocycles. The van der Waals surface area contributed by atoms with Crippen LogP contribution in [0.15, 0.2) is 36.8 Å². The minimum absolute atomic E-state index is 0.0114. The monoisotopic (exact) mass is 495 g/mol. The molecule has 0 bridgehead atoms. The quantitative estimate of drug-likeness (QED) is 0.416. The van der Waals surface area contributed by atoms with Crippen molar-refractivity contribution in [3.8, 4) is 5.75 Å². The minimum Gasteiger partial charge on any atom is -0.478 e. The van der Waals surface area contributed by atoms with Crippen LogP contribution in [0.1, 0.15) is 71.6 Å². The van der Waals surface area contributed by atoms with Crippen molar-refractivity contribution < 1.29 is 27.1 Å². The molecule has 192 valence electrons. The number of halogens is 4. The number of carbonyl (C=O) groups is 1. The lowest BCUT2D eigenvalue weighted by molar-refractivity contribution is -0.141. The summed E-state index contributed by atoms with van der Waals surface area (Å²) in [5, 5.41) is 3.09. The number of hydrogen-bond donors (Lipinski definition) is 1. The van der Waals surface area contributed by atoms with E-state index in [0.717, 1.165) is 44.1 Å². The molecule has 0 spiro atoms. The Morgan fingerprint density at radius 2 is 1.86 bits per heavy atom. The fourth-order valence-electron chi connectivity index (χ4n) is 4.68. The summed E-state index contributed by atoms with van der Waals surface area (Å²) in [4.78, 5) is 20.9. The average molecular weight is 496 g/mol. The van der Waals surface area contributed by atoms with E-state index in [1.165, 1.54) is 26.0 Å². The molecule has 1 amide bonds. The first-order valence-corrected chi connectivity index (χ1v) is 11.9. The molecule has 3 rings (SSSR count). The Kier molecular flexibility index (Phi) is 7.77. The third-order valence-electron chi connectivity index (χ3n) is 6.81. The summed E-state index contributed by atoms with van der Waals surface area (Å²) in [5.74, 6) is -0.462. The average Bonchev–Trinajstić information content (AvgIpc) is 2.71. The van der Waals surface area contributed by atoms with Crippen LogP contribution in [0.4, 0.5) is 17.6 Å². The van der Waals surface area contributed by atoms with Crippen molar-refractivity contribution in [3.63, 3.8) is 0 Å². The molecule has 2 heterocycles. The van der Waals surface area contributed by atoms with Crippen molar-refractivity contribution in [2.75, 3.05) is 0 Å². The normalized spacial score (nSPS) is 17.4. The van der Waals surface area contributed by atoms with E-state index in [1.807, 2.05) is 6.92 Å². The number of amides is 1. The van der Waals surface area contributed by atoms with Gasteiger partial charge in [0.2, 0.25) is 0 Å². The van der Waals surface area contributed by atoms with Crippen LogP contribution in [0, 0.1) is 23.6 Å². The Labute approximate surface area is 203 Å². The smallest absolute Gasteiger partial charge is 0.433 e. The van der Waals surface area contributed by atoms with Crippen LogP contribution < -0.4 is 10.1 Å². The zero-order chi connectivity index (χ0) is 26.0. The lowest BCUT2D eigenvalue weighted by atomic mass is 9.63. The minimum atomic E-state index is -4.64. The molecule has 1 aliphatic carbocycles. The number of nitrogens with zero attached hydrogens (tertiary/aromatic N) is 2. The predicted molar refractivity (Wildman–Crippen MR) is 124 cm³/mol. The predicted octanol–water partition coefficient (Wildman–Crippen LogP) is 6.29. The third-order valence-corrected chi connectivity index (χ3v) is 6.81. The fourth-order valence-corrected chi connectivity index (χ4v) is 4.68. The fraction of sp³-hybridized carbons (Fsp3) is 0.577. The summed E-state index contributed by atoms with van der Waals surface area (Å²) in [6.07, 6.45) is 2.96. The molecule has 2 unspecified atom stereocenters. The number of alkyl halides is 3. The van der Waals surface area contributed by atoms with E-state index >= 15 is 0 Å². The van der Waals surface area contributed by atoms with Gasteiger partial charge in [-0.15, -0.1) is 0 Å². The van der Waals surface area contributed by atoms with Gasteiger partial charge in [-0.1, -0.05) is 33.1 Å². The summed E-state index contributed by atoms with van der Waals surface area (Å²) >= 11 is 0. The van der Waals surface area contributed by atoms with Crippen LogP contribution in [-0.2, 0) is 16.5 Å². The van der Waals surface area contributed by atoms with E-state index < -0.39 is 34.7 Å². The molecule has 2 aromatic heterocycles. The van der Waals surface area contributed by atoms with Crippen LogP contribution in [0.25, 0.3) is 0 Å². The second kappa shape index (κ2) is 10.1. The maximum Gasteiger partial charge on any atom is 0.433 e. The summed E-state index contributed by atoms with van der Waals surface area (Å²) < 4.78 is 59.2. The highest BCUT2D eigenvalue weighted by Gasteiger charge is 2.46. The van der Waals surface area contributed by atoms with Gasteiger partial charge in [0, 0.05) is 18.5 Å². The highest BCUT2D eigenvalue weighted by Crippen LogP contribution is 2.46. The molecule has 2 atom stereocenters. The summed E-state index contributed by atoms with van der Waals surface area (Å²) in [6, 6.07) is 3.42. The number of rotatable bonds is 9. The standard InChI is InChI=1S/C26H33F4N3O2/c1-16(2)11-21(17-7-6-8-17)25(5,18-12-19(27)15-31-14-18)33-23(34)24(3,4)35-20-9-10-32-22(13-20)26(28,29)30/h9-10,12-17,21H,6-8,11H2,1-5H3,(H,33,34). The van der Waals surface area contributed by atoms with Crippen molar-refractivity contribution in [2.45, 2.75) is 77.6 Å². The van der Waals surface area contributed by atoms with Gasteiger partial charge >= 0.3 is 6.18 Å². The van der Waals surface area contributed by atoms with Crippen molar-refractivity contribution in [1.82, 2.24) is 15.3 Å². The third kappa shape index (κ3) is 6.30. The second-order valence-corrected chi connectivity index (χ2v) is 10.5. The topological polar surface area (TPSA) is 64.1 Å². The molecule has 35 heavy (non-hydrogen) atoms. The maximum absolute atomic E-state index is 14.2. The van der Waals surface area contributed by atoms with E-state index in [2.05, 4.69) is 29.1 Å². The zero-order valence-corrected chi connectivity index (χ0v) is 20.7. The first-order chi connectivity index (χ1) is 16.2. The number of ether oxygens (including phenoxy) is 1. The van der Waals surface area contributed by atoms with Gasteiger partial charge in [0.05, 0.1) is 11.7 Å². The molecule has 2 aromatic rings. The molecule has 0 radical (unpaired) electrons. The molecular formula is C26H33F4N3O2. The van der Waals surface area contributed by atoms with Gasteiger partial charge < -0.3 is 10.1 Å². The summed E-state index contributed by atoms with van der Waals surface area (Å²) in [5.41, 5.74) is -3.04. The molecule has 1 N–H and O–H groups in total. The molecule has 1 fully saturated rings. The Morgan fingerprint density at radius 3 is 2.40 bits per heavy atom. The van der Waals surface area contributed by atoms with E-state index in [9.17, 15) is 22.4 Å². The molecule has 5 nitrogen and oxygen atoms in total. The van der Waals surface area contributed by atoms with Gasteiger partial charge in [0.15, 0.2) is 5.60 Å². The zero-order valence-electron chi connectivity index (χ0n) is 20.7. The number of nitrogens with one attached hydrogen (secondary N) is 1. The van der Waals surface area contributed by atoms with Crippen molar-refractivity contribution in [3.05, 3.63) is 53.9 Å². The molecule has 1 aliphatic rings. The summed E-state index contributed by atoms with van der Waals surface area (Å²) in [7, 11) is 0. The molecule has 1 saturated carbocycles. The van der Waals surface area contributed by atoms with Crippen molar-refractivity contribution in [2.24, 2.45) is 17.8 Å². The second-order valence-electron chi connectivity index (χ2n) is 10.5. The van der Waals surface area contributed by atoms with E-state index in [1.54, 1.807) is 6.20 Å². The number of hydrogen-bond acceptors (Lipinski definition) is 4.